The fourth-order valence-corrected chi connectivity index (χ4v) is 4.71. The van der Waals surface area contributed by atoms with Crippen LogP contribution in [0.2, 0.25) is 5.02 Å². The third-order valence-corrected chi connectivity index (χ3v) is 7.04. The van der Waals surface area contributed by atoms with E-state index in [1.807, 2.05) is 13.8 Å². The highest BCUT2D eigenvalue weighted by Crippen LogP contribution is 2.30. The van der Waals surface area contributed by atoms with Crippen LogP contribution in [0.1, 0.15) is 38.7 Å². The maximum atomic E-state index is 13.7. The van der Waals surface area contributed by atoms with Crippen LogP contribution in [0.4, 0.5) is 5.69 Å². The first-order valence-corrected chi connectivity index (χ1v) is 13.8. The van der Waals surface area contributed by atoms with Crippen molar-refractivity contribution in [3.05, 3.63) is 59.1 Å². The number of benzene rings is 2. The van der Waals surface area contributed by atoms with Crippen LogP contribution < -0.4 is 14.4 Å². The number of amides is 2. The predicted molar refractivity (Wildman–Crippen MR) is 139 cm³/mol. The van der Waals surface area contributed by atoms with E-state index in [-0.39, 0.29) is 18.1 Å². The standard InChI is InChI=1S/C25H34ClN3O5S/c1-5-7-16-27-25(31)21(6-2)28(17-19-12-8-9-13-20(19)26)24(30)18-29(35(4,32)33)22-14-10-11-15-23(22)34-3/h8-15,21H,5-7,16-18H2,1-4H3,(H,27,31). The monoisotopic (exact) mass is 523 g/mol. The van der Waals surface area contributed by atoms with Gasteiger partial charge in [-0.05, 0) is 36.6 Å². The zero-order chi connectivity index (χ0) is 26.0. The normalized spacial score (nSPS) is 12.0. The molecule has 1 atom stereocenters. The second-order valence-electron chi connectivity index (χ2n) is 8.12. The van der Waals surface area contributed by atoms with Crippen molar-refractivity contribution in [2.75, 3.05) is 30.8 Å². The number of nitrogens with zero attached hydrogens (tertiary/aromatic N) is 2. The van der Waals surface area contributed by atoms with E-state index in [4.69, 9.17) is 16.3 Å². The van der Waals surface area contributed by atoms with Crippen molar-refractivity contribution in [3.63, 3.8) is 0 Å². The van der Waals surface area contributed by atoms with Crippen LogP contribution in [0.3, 0.4) is 0 Å². The molecule has 2 amide bonds. The van der Waals surface area contributed by atoms with E-state index >= 15 is 0 Å². The summed E-state index contributed by atoms with van der Waals surface area (Å²) >= 11 is 6.36. The molecule has 1 unspecified atom stereocenters. The molecule has 0 saturated heterocycles. The van der Waals surface area contributed by atoms with Gasteiger partial charge >= 0.3 is 0 Å². The highest BCUT2D eigenvalue weighted by Gasteiger charge is 2.32. The molecular weight excluding hydrogens is 490 g/mol. The molecule has 0 saturated carbocycles. The molecule has 0 radical (unpaired) electrons. The molecule has 0 aliphatic carbocycles. The maximum absolute atomic E-state index is 13.7. The van der Waals surface area contributed by atoms with Gasteiger partial charge < -0.3 is 15.0 Å². The Hall–Kier alpha value is -2.78. The van der Waals surface area contributed by atoms with Gasteiger partial charge in [0, 0.05) is 18.1 Å². The molecule has 0 heterocycles. The number of sulfonamides is 1. The van der Waals surface area contributed by atoms with E-state index in [1.165, 1.54) is 12.0 Å². The Morgan fingerprint density at radius 1 is 1.09 bits per heavy atom. The number of para-hydroxylation sites is 2. The second kappa shape index (κ2) is 13.3. The van der Waals surface area contributed by atoms with Crippen molar-refractivity contribution in [3.8, 4) is 5.75 Å². The molecule has 192 valence electrons. The van der Waals surface area contributed by atoms with E-state index in [0.29, 0.717) is 29.3 Å². The summed E-state index contributed by atoms with van der Waals surface area (Å²) in [5.74, 6) is -0.504. The van der Waals surface area contributed by atoms with E-state index in [2.05, 4.69) is 5.32 Å². The number of rotatable bonds is 13. The van der Waals surface area contributed by atoms with Crippen molar-refractivity contribution in [1.82, 2.24) is 10.2 Å². The minimum Gasteiger partial charge on any atom is -0.495 e. The van der Waals surface area contributed by atoms with Gasteiger partial charge in [-0.15, -0.1) is 0 Å². The second-order valence-corrected chi connectivity index (χ2v) is 10.4. The van der Waals surface area contributed by atoms with Crippen molar-refractivity contribution in [2.24, 2.45) is 0 Å². The number of carbonyl (C=O) groups excluding carboxylic acids is 2. The average Bonchev–Trinajstić information content (AvgIpc) is 2.82. The third-order valence-electron chi connectivity index (χ3n) is 5.55. The number of hydrogen-bond acceptors (Lipinski definition) is 5. The van der Waals surface area contributed by atoms with Crippen LogP contribution in [0.25, 0.3) is 0 Å². The molecule has 0 aliphatic rings. The highest BCUT2D eigenvalue weighted by atomic mass is 35.5. The minimum atomic E-state index is -3.85. The van der Waals surface area contributed by atoms with Crippen LogP contribution in [-0.2, 0) is 26.2 Å². The Morgan fingerprint density at radius 2 is 1.74 bits per heavy atom. The van der Waals surface area contributed by atoms with Gasteiger partial charge in [0.1, 0.15) is 18.3 Å². The Balaban J connectivity index is 2.45. The highest BCUT2D eigenvalue weighted by molar-refractivity contribution is 7.92. The van der Waals surface area contributed by atoms with Gasteiger partial charge in [0.15, 0.2) is 0 Å². The Labute approximate surface area is 213 Å². The van der Waals surface area contributed by atoms with Gasteiger partial charge in [-0.3, -0.25) is 13.9 Å². The Bertz CT molecular complexity index is 1110. The summed E-state index contributed by atoms with van der Waals surface area (Å²) in [4.78, 5) is 28.1. The molecule has 0 bridgehead atoms. The van der Waals surface area contributed by atoms with E-state index in [0.717, 1.165) is 23.4 Å². The molecule has 0 aliphatic heterocycles. The van der Waals surface area contributed by atoms with Gasteiger partial charge in [0.05, 0.1) is 19.1 Å². The topological polar surface area (TPSA) is 96.0 Å². The number of halogens is 1. The quantitative estimate of drug-likeness (QED) is 0.402. The van der Waals surface area contributed by atoms with E-state index < -0.39 is 28.5 Å². The zero-order valence-electron chi connectivity index (χ0n) is 20.7. The van der Waals surface area contributed by atoms with Crippen LogP contribution in [0.15, 0.2) is 48.5 Å². The molecule has 10 heteroatoms. The lowest BCUT2D eigenvalue weighted by Gasteiger charge is -2.33. The molecule has 35 heavy (non-hydrogen) atoms. The molecular formula is C25H34ClN3O5S. The smallest absolute Gasteiger partial charge is 0.244 e. The van der Waals surface area contributed by atoms with Crippen LogP contribution in [-0.4, -0.2) is 57.6 Å². The summed E-state index contributed by atoms with van der Waals surface area (Å²) < 4.78 is 31.8. The summed E-state index contributed by atoms with van der Waals surface area (Å²) in [6.07, 6.45) is 3.11. The number of ether oxygens (including phenoxy) is 1. The molecule has 0 aromatic heterocycles. The Morgan fingerprint density at radius 3 is 2.34 bits per heavy atom. The van der Waals surface area contributed by atoms with E-state index in [1.54, 1.807) is 48.5 Å². The largest absolute Gasteiger partial charge is 0.495 e. The fourth-order valence-electron chi connectivity index (χ4n) is 3.67. The lowest BCUT2D eigenvalue weighted by atomic mass is 10.1. The number of nitrogens with one attached hydrogen (secondary N) is 1. The van der Waals surface area contributed by atoms with Crippen LogP contribution in [0.5, 0.6) is 5.75 Å². The van der Waals surface area contributed by atoms with Gasteiger partial charge in [-0.2, -0.15) is 0 Å². The van der Waals surface area contributed by atoms with E-state index in [9.17, 15) is 18.0 Å². The minimum absolute atomic E-state index is 0.0573. The maximum Gasteiger partial charge on any atom is 0.244 e. The number of hydrogen-bond donors (Lipinski definition) is 1. The van der Waals surface area contributed by atoms with Gasteiger partial charge in [-0.1, -0.05) is 62.2 Å². The Kier molecular flexibility index (Phi) is 10.9. The molecule has 8 nitrogen and oxygen atoms in total. The van der Waals surface area contributed by atoms with Crippen molar-refractivity contribution in [1.29, 1.82) is 0 Å². The lowest BCUT2D eigenvalue weighted by molar-refractivity contribution is -0.140. The summed E-state index contributed by atoms with van der Waals surface area (Å²) in [5.41, 5.74) is 0.898. The SMILES string of the molecule is CCCCNC(=O)C(CC)N(Cc1ccccc1Cl)C(=O)CN(c1ccccc1OC)S(C)(=O)=O. The predicted octanol–water partition coefficient (Wildman–Crippen LogP) is 3.84. The molecule has 0 fully saturated rings. The summed E-state index contributed by atoms with van der Waals surface area (Å²) in [5, 5.41) is 3.34. The van der Waals surface area contributed by atoms with Gasteiger partial charge in [0.2, 0.25) is 21.8 Å². The summed E-state index contributed by atoms with van der Waals surface area (Å²) in [7, 11) is -2.42. The summed E-state index contributed by atoms with van der Waals surface area (Å²) in [6.45, 7) is 3.89. The first kappa shape index (κ1) is 28.5. The number of methoxy groups -OCH3 is 1. The first-order chi connectivity index (χ1) is 16.6. The molecule has 2 aromatic carbocycles. The number of unbranched alkanes of at least 4 members (excludes halogenated alkanes) is 1. The van der Waals surface area contributed by atoms with Crippen molar-refractivity contribution >= 4 is 39.1 Å². The number of carbonyl (C=O) groups is 2. The number of anilines is 1. The molecule has 0 spiro atoms. The zero-order valence-corrected chi connectivity index (χ0v) is 22.2. The fraction of sp³-hybridized carbons (Fsp3) is 0.440. The first-order valence-electron chi connectivity index (χ1n) is 11.5. The molecule has 1 N–H and O–H groups in total. The average molecular weight is 524 g/mol. The van der Waals surface area contributed by atoms with Crippen LogP contribution in [0, 0.1) is 0 Å². The van der Waals surface area contributed by atoms with Crippen molar-refractivity contribution in [2.45, 2.75) is 45.7 Å². The summed E-state index contributed by atoms with van der Waals surface area (Å²) in [6, 6.07) is 12.8. The van der Waals surface area contributed by atoms with Gasteiger partial charge in [-0.25, -0.2) is 8.42 Å². The molecule has 2 aromatic rings. The lowest BCUT2D eigenvalue weighted by Crippen LogP contribution is -2.52. The van der Waals surface area contributed by atoms with Gasteiger partial charge in [0.25, 0.3) is 0 Å². The van der Waals surface area contributed by atoms with Crippen molar-refractivity contribution < 1.29 is 22.7 Å². The van der Waals surface area contributed by atoms with Crippen LogP contribution >= 0.6 is 11.6 Å². The third kappa shape index (κ3) is 7.86. The molecule has 2 rings (SSSR count).